The third kappa shape index (κ3) is 5.10. The van der Waals surface area contributed by atoms with Crippen molar-refractivity contribution in [3.63, 3.8) is 0 Å². The second-order valence-electron chi connectivity index (χ2n) is 7.74. The molecule has 5 N–H and O–H groups in total. The maximum absolute atomic E-state index is 12.8. The van der Waals surface area contributed by atoms with Crippen LogP contribution in [0.15, 0.2) is 89.9 Å². The zero-order valence-corrected chi connectivity index (χ0v) is 19.8. The van der Waals surface area contributed by atoms with Crippen molar-refractivity contribution < 1.29 is 5.11 Å². The smallest absolute Gasteiger partial charge is 0.264 e. The molecule has 0 aliphatic rings. The van der Waals surface area contributed by atoms with E-state index in [4.69, 9.17) is 28.2 Å². The van der Waals surface area contributed by atoms with Gasteiger partial charge in [-0.3, -0.25) is 9.36 Å². The summed E-state index contributed by atoms with van der Waals surface area (Å²) in [5, 5.41) is 11.1. The Balaban J connectivity index is 0.000000172. The quantitative estimate of drug-likeness (QED) is 0.322. The highest BCUT2D eigenvalue weighted by Crippen LogP contribution is 2.25. The molecule has 35 heavy (non-hydrogen) atoms. The van der Waals surface area contributed by atoms with Gasteiger partial charge in [-0.15, -0.1) is 0 Å². The van der Waals surface area contributed by atoms with E-state index in [0.717, 1.165) is 28.8 Å². The highest BCUT2D eigenvalue weighted by Gasteiger charge is 2.12. The molecule has 2 aromatic heterocycles. The van der Waals surface area contributed by atoms with E-state index in [9.17, 15) is 4.79 Å². The molecule has 0 atom stereocenters. The van der Waals surface area contributed by atoms with Crippen LogP contribution >= 0.6 is 11.6 Å². The minimum absolute atomic E-state index is 0.0591. The average molecular weight is 486 g/mol. The van der Waals surface area contributed by atoms with E-state index in [1.54, 1.807) is 41.1 Å². The van der Waals surface area contributed by atoms with Crippen LogP contribution < -0.4 is 17.0 Å². The Kier molecular flexibility index (Phi) is 6.98. The number of halogens is 1. The van der Waals surface area contributed by atoms with Crippen LogP contribution in [0.5, 0.6) is 5.75 Å². The van der Waals surface area contributed by atoms with Gasteiger partial charge in [-0.1, -0.05) is 61.0 Å². The number of nitrogens with two attached hydrogens (primary N) is 2. The summed E-state index contributed by atoms with van der Waals surface area (Å²) in [6, 6.07) is 23.9. The van der Waals surface area contributed by atoms with Gasteiger partial charge in [-0.25, -0.2) is 4.98 Å². The van der Waals surface area contributed by atoms with Crippen molar-refractivity contribution in [2.75, 3.05) is 11.5 Å². The van der Waals surface area contributed by atoms with Gasteiger partial charge >= 0.3 is 0 Å². The molecule has 5 rings (SSSR count). The van der Waals surface area contributed by atoms with E-state index < -0.39 is 0 Å². The molecule has 7 nitrogen and oxygen atoms in total. The lowest BCUT2D eigenvalue weighted by Crippen LogP contribution is -2.22. The number of hydrogen-bond donors (Lipinski definition) is 3. The van der Waals surface area contributed by atoms with E-state index >= 15 is 0 Å². The van der Waals surface area contributed by atoms with E-state index in [1.807, 2.05) is 55.5 Å². The van der Waals surface area contributed by atoms with Crippen LogP contribution in [0.4, 0.5) is 11.8 Å². The summed E-state index contributed by atoms with van der Waals surface area (Å²) in [7, 11) is 0. The van der Waals surface area contributed by atoms with Gasteiger partial charge in [-0.2, -0.15) is 4.98 Å². The van der Waals surface area contributed by atoms with E-state index in [-0.39, 0.29) is 17.3 Å². The molecule has 0 aliphatic heterocycles. The number of aromatic hydroxyl groups is 1. The molecule has 0 saturated heterocycles. The lowest BCUT2D eigenvalue weighted by atomic mass is 10.1. The van der Waals surface area contributed by atoms with Gasteiger partial charge < -0.3 is 16.6 Å². The molecule has 0 fully saturated rings. The molecule has 0 saturated carbocycles. The summed E-state index contributed by atoms with van der Waals surface area (Å²) in [5.41, 5.74) is 14.4. The zero-order valence-electron chi connectivity index (χ0n) is 19.0. The Morgan fingerprint density at radius 2 is 1.69 bits per heavy atom. The van der Waals surface area contributed by atoms with Crippen LogP contribution in [-0.2, 0) is 6.42 Å². The standard InChI is InChI=1S/C17H14ClNO.C10H10N4O/c1-2-13-11-12-7-6-10-15(18)16(12)17(20)19(13)14-8-4-3-5-9-14;11-9-8(5-13-10(12)14-9)6-1-3-7(15)4-2-6/h3-11H,2H2,1H3;1-5,15H,(H4,11,12,13,14). The first-order valence-corrected chi connectivity index (χ1v) is 11.3. The van der Waals surface area contributed by atoms with Crippen LogP contribution in [0.1, 0.15) is 12.6 Å². The summed E-state index contributed by atoms with van der Waals surface area (Å²) in [5.74, 6) is 0.678. The number of benzene rings is 3. The van der Waals surface area contributed by atoms with Crippen molar-refractivity contribution >= 4 is 34.1 Å². The summed E-state index contributed by atoms with van der Waals surface area (Å²) < 4.78 is 1.74. The summed E-state index contributed by atoms with van der Waals surface area (Å²) in [6.45, 7) is 2.05. The number of phenols is 1. The van der Waals surface area contributed by atoms with Gasteiger partial charge in [0.1, 0.15) is 11.6 Å². The van der Waals surface area contributed by atoms with Gasteiger partial charge in [0.25, 0.3) is 5.56 Å². The molecule has 0 aliphatic carbocycles. The topological polar surface area (TPSA) is 120 Å². The molecular formula is C27H24ClN5O2. The van der Waals surface area contributed by atoms with Crippen molar-refractivity contribution in [1.29, 1.82) is 0 Å². The predicted molar refractivity (Wildman–Crippen MR) is 142 cm³/mol. The summed E-state index contributed by atoms with van der Waals surface area (Å²) in [4.78, 5) is 20.5. The first-order valence-electron chi connectivity index (χ1n) is 10.9. The number of hydrogen-bond acceptors (Lipinski definition) is 6. The van der Waals surface area contributed by atoms with Gasteiger partial charge in [0, 0.05) is 23.1 Å². The monoisotopic (exact) mass is 485 g/mol. The molecule has 0 spiro atoms. The number of rotatable bonds is 3. The summed E-state index contributed by atoms with van der Waals surface area (Å²) in [6.07, 6.45) is 2.34. The fourth-order valence-electron chi connectivity index (χ4n) is 3.77. The molecule has 0 bridgehead atoms. The van der Waals surface area contributed by atoms with Gasteiger partial charge in [0.15, 0.2) is 0 Å². The van der Waals surface area contributed by atoms with Gasteiger partial charge in [0.2, 0.25) is 5.95 Å². The number of phenolic OH excluding ortho intramolecular Hbond substituents is 1. The molecule has 3 aromatic carbocycles. The Morgan fingerprint density at radius 3 is 2.34 bits per heavy atom. The lowest BCUT2D eigenvalue weighted by Gasteiger charge is -2.14. The number of anilines is 2. The number of fused-ring (bicyclic) bond motifs is 1. The lowest BCUT2D eigenvalue weighted by molar-refractivity contribution is 0.475. The van der Waals surface area contributed by atoms with E-state index in [0.29, 0.717) is 21.8 Å². The van der Waals surface area contributed by atoms with E-state index in [2.05, 4.69) is 9.97 Å². The maximum Gasteiger partial charge on any atom is 0.264 e. The Bertz CT molecular complexity index is 1530. The van der Waals surface area contributed by atoms with Crippen LogP contribution in [0.2, 0.25) is 5.02 Å². The minimum atomic E-state index is -0.0591. The minimum Gasteiger partial charge on any atom is -0.508 e. The van der Waals surface area contributed by atoms with Crippen LogP contribution in [-0.4, -0.2) is 19.6 Å². The number of nitrogen functional groups attached to an aromatic ring is 2. The van der Waals surface area contributed by atoms with Gasteiger partial charge in [0.05, 0.1) is 10.4 Å². The van der Waals surface area contributed by atoms with Gasteiger partial charge in [-0.05, 0) is 53.8 Å². The molecule has 5 aromatic rings. The van der Waals surface area contributed by atoms with Crippen LogP contribution in [0.3, 0.4) is 0 Å². The highest BCUT2D eigenvalue weighted by atomic mass is 35.5. The predicted octanol–water partition coefficient (Wildman–Crippen LogP) is 5.22. The molecule has 2 heterocycles. The van der Waals surface area contributed by atoms with Crippen molar-refractivity contribution in [1.82, 2.24) is 14.5 Å². The number of aryl methyl sites for hydroxylation is 1. The zero-order chi connectivity index (χ0) is 24.9. The Morgan fingerprint density at radius 1 is 0.971 bits per heavy atom. The van der Waals surface area contributed by atoms with Crippen LogP contribution in [0.25, 0.3) is 27.6 Å². The molecule has 0 amide bonds. The third-order valence-electron chi connectivity index (χ3n) is 5.46. The fraction of sp³-hybridized carbons (Fsp3) is 0.0741. The number of para-hydroxylation sites is 1. The number of pyridine rings is 1. The fourth-order valence-corrected chi connectivity index (χ4v) is 4.03. The van der Waals surface area contributed by atoms with Crippen molar-refractivity contribution in [3.05, 3.63) is 106 Å². The molecule has 176 valence electrons. The first-order chi connectivity index (χ1) is 16.9. The highest BCUT2D eigenvalue weighted by molar-refractivity contribution is 6.35. The SMILES string of the molecule is CCc1cc2cccc(Cl)c2c(=O)n1-c1ccccc1.Nc1ncc(-c2ccc(O)cc2)c(N)n1. The second kappa shape index (κ2) is 10.3. The number of nitrogens with zero attached hydrogens (tertiary/aromatic N) is 3. The third-order valence-corrected chi connectivity index (χ3v) is 5.78. The Hall–Kier alpha value is -4.36. The summed E-state index contributed by atoms with van der Waals surface area (Å²) >= 11 is 6.20. The average Bonchev–Trinajstić information content (AvgIpc) is 2.85. The molecule has 0 radical (unpaired) electrons. The largest absolute Gasteiger partial charge is 0.508 e. The normalized spacial score (nSPS) is 10.6. The molecule has 8 heteroatoms. The van der Waals surface area contributed by atoms with E-state index in [1.165, 1.54) is 0 Å². The first kappa shape index (κ1) is 23.8. The van der Waals surface area contributed by atoms with Crippen molar-refractivity contribution in [2.45, 2.75) is 13.3 Å². The second-order valence-corrected chi connectivity index (χ2v) is 8.15. The molecule has 0 unspecified atom stereocenters. The van der Waals surface area contributed by atoms with Crippen molar-refractivity contribution in [3.8, 4) is 22.6 Å². The Labute approximate surface area is 207 Å². The maximum atomic E-state index is 12.8. The molecular weight excluding hydrogens is 462 g/mol. The van der Waals surface area contributed by atoms with Crippen LogP contribution in [0, 0.1) is 0 Å². The van der Waals surface area contributed by atoms with Crippen molar-refractivity contribution in [2.24, 2.45) is 0 Å². The number of aromatic nitrogens is 3.